The smallest absolute Gasteiger partial charge is 0.256 e. The van der Waals surface area contributed by atoms with Gasteiger partial charge in [0.05, 0.1) is 0 Å². The Kier molecular flexibility index (Phi) is 9.13. The second-order valence-corrected chi connectivity index (χ2v) is 24.0. The average molecular weight is 910 g/mol. The third-order valence-corrected chi connectivity index (χ3v) is 16.6. The quantitative estimate of drug-likeness (QED) is 0.164. The maximum absolute atomic E-state index is 7.02. The molecule has 0 spiro atoms. The lowest BCUT2D eigenvalue weighted by molar-refractivity contribution is 0.332. The van der Waals surface area contributed by atoms with Gasteiger partial charge in [0.2, 0.25) is 0 Å². The zero-order chi connectivity index (χ0) is 48.2. The third-order valence-electron chi connectivity index (χ3n) is 16.6. The summed E-state index contributed by atoms with van der Waals surface area (Å²) in [6.07, 6.45) is 2.35. The summed E-state index contributed by atoms with van der Waals surface area (Å²) in [4.78, 5) is 7.74. The molecule has 0 N–H and O–H groups in total. The Morgan fingerprint density at radius 2 is 0.871 bits per heavy atom. The van der Waals surface area contributed by atoms with Gasteiger partial charge < -0.3 is 19.4 Å². The van der Waals surface area contributed by atoms with E-state index < -0.39 is 0 Å². The maximum atomic E-state index is 7.02. The van der Waals surface area contributed by atoms with E-state index in [1.54, 1.807) is 0 Å². The topological polar surface area (TPSA) is 19.0 Å². The molecule has 0 unspecified atom stereocenters. The predicted octanol–water partition coefficient (Wildman–Crippen LogP) is 13.1. The summed E-state index contributed by atoms with van der Waals surface area (Å²) < 4.78 is 7.02. The zero-order valence-electron chi connectivity index (χ0n) is 42.4. The van der Waals surface area contributed by atoms with Crippen LogP contribution in [-0.4, -0.2) is 13.4 Å². The lowest BCUT2D eigenvalue weighted by Gasteiger charge is -2.47. The molecule has 8 aromatic carbocycles. The van der Waals surface area contributed by atoms with Gasteiger partial charge in [-0.2, -0.15) is 0 Å². The number of hydrogen-bond acceptors (Lipinski definition) is 4. The van der Waals surface area contributed by atoms with Crippen molar-refractivity contribution in [3.05, 3.63) is 186 Å². The zero-order valence-corrected chi connectivity index (χ0v) is 42.4. The van der Waals surface area contributed by atoms with Crippen LogP contribution in [0.5, 0.6) is 11.5 Å². The number of anilines is 9. The molecule has 4 heterocycles. The molecule has 0 fully saturated rings. The van der Waals surface area contributed by atoms with Crippen LogP contribution in [0.1, 0.15) is 104 Å². The lowest BCUT2D eigenvalue weighted by Crippen LogP contribution is -2.64. The first kappa shape index (κ1) is 43.1. The molecule has 0 bridgehead atoms. The SMILES string of the molecule is CC(C)(C)c1cc2c3c(c1)N(c1ccccc1)c1cc4c(cc1B3c1ccccc1O2)B1c2ccccc2N(c2ccc3c(c2)C(C)(C)CCC3(C)C)c2cc(C(C)(C)C)cc(c21)N4c1ccccc1. The number of nitrogens with zero attached hydrogens (tertiary/aromatic N) is 3. The molecule has 344 valence electrons. The minimum Gasteiger partial charge on any atom is -0.458 e. The van der Waals surface area contributed by atoms with Gasteiger partial charge in [-0.25, -0.2) is 0 Å². The van der Waals surface area contributed by atoms with E-state index in [9.17, 15) is 0 Å². The van der Waals surface area contributed by atoms with Crippen molar-refractivity contribution >= 4 is 97.4 Å². The highest BCUT2D eigenvalue weighted by molar-refractivity contribution is 7.02. The molecule has 4 aliphatic heterocycles. The molecule has 5 aliphatic rings. The molecule has 0 atom stereocenters. The number of benzene rings is 8. The van der Waals surface area contributed by atoms with Crippen LogP contribution in [0, 0.1) is 0 Å². The lowest BCUT2D eigenvalue weighted by atomic mass is 9.30. The Morgan fingerprint density at radius 3 is 1.47 bits per heavy atom. The van der Waals surface area contributed by atoms with Crippen molar-refractivity contribution in [2.45, 2.75) is 104 Å². The molecule has 0 aromatic heterocycles. The van der Waals surface area contributed by atoms with Crippen LogP contribution in [0.25, 0.3) is 0 Å². The first-order valence-corrected chi connectivity index (χ1v) is 25.5. The maximum Gasteiger partial charge on any atom is 0.256 e. The van der Waals surface area contributed by atoms with Crippen molar-refractivity contribution < 1.29 is 4.74 Å². The first-order valence-electron chi connectivity index (χ1n) is 25.5. The van der Waals surface area contributed by atoms with E-state index in [1.807, 2.05) is 0 Å². The van der Waals surface area contributed by atoms with E-state index in [4.69, 9.17) is 4.74 Å². The molecule has 0 saturated heterocycles. The van der Waals surface area contributed by atoms with Crippen molar-refractivity contribution in [2.75, 3.05) is 14.7 Å². The summed E-state index contributed by atoms with van der Waals surface area (Å²) in [5.74, 6) is 1.87. The molecule has 8 aromatic rings. The van der Waals surface area contributed by atoms with E-state index in [0.29, 0.717) is 0 Å². The van der Waals surface area contributed by atoms with Crippen LogP contribution < -0.4 is 52.2 Å². The number of hydrogen-bond donors (Lipinski definition) is 0. The summed E-state index contributed by atoms with van der Waals surface area (Å²) in [6.45, 7) is 23.7. The molecule has 0 radical (unpaired) electrons. The van der Waals surface area contributed by atoms with Gasteiger partial charge in [0.1, 0.15) is 11.5 Å². The van der Waals surface area contributed by atoms with Gasteiger partial charge in [-0.3, -0.25) is 0 Å². The first-order chi connectivity index (χ1) is 33.5. The number of ether oxygens (including phenoxy) is 1. The van der Waals surface area contributed by atoms with E-state index in [-0.39, 0.29) is 35.1 Å². The van der Waals surface area contributed by atoms with Crippen LogP contribution in [0.15, 0.2) is 164 Å². The molecule has 13 rings (SSSR count). The molecule has 4 nitrogen and oxygen atoms in total. The van der Waals surface area contributed by atoms with Gasteiger partial charge in [0, 0.05) is 51.2 Å². The summed E-state index contributed by atoms with van der Waals surface area (Å²) in [7, 11) is 0. The summed E-state index contributed by atoms with van der Waals surface area (Å²) in [5, 5.41) is 0. The molecule has 0 saturated carbocycles. The van der Waals surface area contributed by atoms with Crippen LogP contribution in [0.4, 0.5) is 51.2 Å². The molecule has 1 aliphatic carbocycles. The van der Waals surface area contributed by atoms with Gasteiger partial charge in [-0.05, 0) is 168 Å². The highest BCUT2D eigenvalue weighted by atomic mass is 16.5. The van der Waals surface area contributed by atoms with Crippen molar-refractivity contribution in [1.82, 2.24) is 0 Å². The predicted molar refractivity (Wildman–Crippen MR) is 299 cm³/mol. The van der Waals surface area contributed by atoms with E-state index in [0.717, 1.165) is 22.9 Å². The Hall–Kier alpha value is -6.91. The third kappa shape index (κ3) is 6.30. The highest BCUT2D eigenvalue weighted by Gasteiger charge is 2.49. The second-order valence-electron chi connectivity index (χ2n) is 24.0. The summed E-state index contributed by atoms with van der Waals surface area (Å²) in [5.41, 5.74) is 24.0. The van der Waals surface area contributed by atoms with Gasteiger partial charge in [0.15, 0.2) is 0 Å². The fourth-order valence-corrected chi connectivity index (χ4v) is 12.7. The van der Waals surface area contributed by atoms with Crippen LogP contribution in [0.3, 0.4) is 0 Å². The van der Waals surface area contributed by atoms with Crippen LogP contribution in [0.2, 0.25) is 0 Å². The minimum atomic E-state index is -0.128. The monoisotopic (exact) mass is 910 g/mol. The molecular weight excluding hydrogens is 848 g/mol. The minimum absolute atomic E-state index is 0.0378. The average Bonchev–Trinajstić information content (AvgIpc) is 3.34. The fraction of sp³-hybridized carbons (Fsp3) is 0.250. The second kappa shape index (κ2) is 14.8. The van der Waals surface area contributed by atoms with Crippen LogP contribution >= 0.6 is 0 Å². The highest BCUT2D eigenvalue weighted by Crippen LogP contribution is 2.52. The fourth-order valence-electron chi connectivity index (χ4n) is 12.7. The molecular formula is C64H61B2N3O. The summed E-state index contributed by atoms with van der Waals surface area (Å²) in [6, 6.07) is 62.5. The number of rotatable bonds is 3. The Labute approximate surface area is 416 Å². The van der Waals surface area contributed by atoms with E-state index >= 15 is 0 Å². The van der Waals surface area contributed by atoms with Gasteiger partial charge in [-0.1, -0.05) is 154 Å². The Bertz CT molecular complexity index is 3470. The standard InChI is InChI=1S/C64H61B2N3O/c1-61(2,3)40-33-54-59-55(34-40)69(44-29-30-45-46(37-44)64(9,10)32-31-63(45,7)8)51-27-19-17-25-47(51)65(59)49-38-50-53(39-52(49)67(54)42-21-13-11-14-22-42)68(43-23-15-12-16-24-43)56-35-41(62(4,5)6)36-58-60(56)66(50)48-26-18-20-28-57(48)70-58/h11-30,33-39H,31-32H2,1-10H3. The van der Waals surface area contributed by atoms with E-state index in [2.05, 4.69) is 248 Å². The Balaban J connectivity index is 1.14. The van der Waals surface area contributed by atoms with Crippen molar-refractivity contribution in [3.8, 4) is 11.5 Å². The molecule has 0 amide bonds. The molecule has 6 heteroatoms. The van der Waals surface area contributed by atoms with Crippen molar-refractivity contribution in [2.24, 2.45) is 0 Å². The number of fused-ring (bicyclic) bond motifs is 9. The van der Waals surface area contributed by atoms with Gasteiger partial charge >= 0.3 is 0 Å². The van der Waals surface area contributed by atoms with E-state index in [1.165, 1.54) is 108 Å². The normalized spacial score (nSPS) is 16.5. The van der Waals surface area contributed by atoms with Crippen LogP contribution in [-0.2, 0) is 21.7 Å². The van der Waals surface area contributed by atoms with Gasteiger partial charge in [-0.15, -0.1) is 0 Å². The summed E-state index contributed by atoms with van der Waals surface area (Å²) >= 11 is 0. The number of para-hydroxylation sites is 4. The largest absolute Gasteiger partial charge is 0.458 e. The van der Waals surface area contributed by atoms with Crippen molar-refractivity contribution in [1.29, 1.82) is 0 Å². The molecule has 70 heavy (non-hydrogen) atoms. The Morgan fingerprint density at radius 1 is 0.386 bits per heavy atom. The van der Waals surface area contributed by atoms with Gasteiger partial charge in [0.25, 0.3) is 13.4 Å². The van der Waals surface area contributed by atoms with Crippen molar-refractivity contribution in [3.63, 3.8) is 0 Å².